The number of anilines is 1. The number of nitrogen functional groups attached to an aromatic ring is 1. The van der Waals surface area contributed by atoms with Gasteiger partial charge in [-0.25, -0.2) is 9.37 Å². The highest BCUT2D eigenvalue weighted by Gasteiger charge is 2.31. The topological polar surface area (TPSA) is 38.9 Å². The standard InChI is InChI=1S/C12H8F4N2/c13-9-3-1-7(2-4-9)10-5-8(12(14,15)16)6-18-11(10)17/h1-6H,(H2,17,18). The Hall–Kier alpha value is -2.11. The molecule has 0 saturated carbocycles. The smallest absolute Gasteiger partial charge is 0.383 e. The van der Waals surface area contributed by atoms with Crippen LogP contribution in [-0.2, 0) is 6.18 Å². The van der Waals surface area contributed by atoms with Gasteiger partial charge < -0.3 is 5.73 Å². The van der Waals surface area contributed by atoms with Crippen molar-refractivity contribution in [2.75, 3.05) is 5.73 Å². The van der Waals surface area contributed by atoms with E-state index in [1.54, 1.807) is 0 Å². The van der Waals surface area contributed by atoms with Crippen molar-refractivity contribution in [3.63, 3.8) is 0 Å². The van der Waals surface area contributed by atoms with Gasteiger partial charge in [0.1, 0.15) is 11.6 Å². The third kappa shape index (κ3) is 2.42. The predicted octanol–water partition coefficient (Wildman–Crippen LogP) is 3.49. The van der Waals surface area contributed by atoms with Gasteiger partial charge in [-0.05, 0) is 23.8 Å². The molecule has 18 heavy (non-hydrogen) atoms. The zero-order valence-electron chi connectivity index (χ0n) is 9.00. The van der Waals surface area contributed by atoms with Gasteiger partial charge in [-0.1, -0.05) is 12.1 Å². The molecule has 0 atom stereocenters. The molecule has 0 fully saturated rings. The SMILES string of the molecule is Nc1ncc(C(F)(F)F)cc1-c1ccc(F)cc1. The maximum Gasteiger partial charge on any atom is 0.417 e. The quantitative estimate of drug-likeness (QED) is 0.793. The Labute approximate surface area is 100 Å². The van der Waals surface area contributed by atoms with E-state index in [0.29, 0.717) is 11.8 Å². The maximum atomic E-state index is 12.7. The molecule has 0 radical (unpaired) electrons. The van der Waals surface area contributed by atoms with Gasteiger partial charge in [-0.2, -0.15) is 13.2 Å². The van der Waals surface area contributed by atoms with Crippen LogP contribution in [0.15, 0.2) is 36.5 Å². The Morgan fingerprint density at radius 2 is 1.67 bits per heavy atom. The lowest BCUT2D eigenvalue weighted by Gasteiger charge is -2.10. The summed E-state index contributed by atoms with van der Waals surface area (Å²) in [6.45, 7) is 0. The van der Waals surface area contributed by atoms with Gasteiger partial charge in [0.15, 0.2) is 0 Å². The Kier molecular flexibility index (Phi) is 2.94. The number of nitrogens with zero attached hydrogens (tertiary/aromatic N) is 1. The molecule has 2 nitrogen and oxygen atoms in total. The van der Waals surface area contributed by atoms with Crippen molar-refractivity contribution in [1.82, 2.24) is 4.98 Å². The molecule has 0 bridgehead atoms. The lowest BCUT2D eigenvalue weighted by Crippen LogP contribution is -2.07. The van der Waals surface area contributed by atoms with Crippen LogP contribution in [0.4, 0.5) is 23.4 Å². The fourth-order valence-electron chi connectivity index (χ4n) is 1.49. The lowest BCUT2D eigenvalue weighted by molar-refractivity contribution is -0.137. The van der Waals surface area contributed by atoms with Crippen LogP contribution in [-0.4, -0.2) is 4.98 Å². The van der Waals surface area contributed by atoms with E-state index in [1.165, 1.54) is 12.1 Å². The molecule has 2 N–H and O–H groups in total. The highest BCUT2D eigenvalue weighted by molar-refractivity contribution is 5.74. The van der Waals surface area contributed by atoms with E-state index in [1.807, 2.05) is 0 Å². The molecule has 6 heteroatoms. The molecule has 0 amide bonds. The molecule has 94 valence electrons. The zero-order valence-corrected chi connectivity index (χ0v) is 9.00. The minimum atomic E-state index is -4.49. The summed E-state index contributed by atoms with van der Waals surface area (Å²) in [5.74, 6) is -0.508. The summed E-state index contributed by atoms with van der Waals surface area (Å²) in [7, 11) is 0. The Bertz CT molecular complexity index is 561. The van der Waals surface area contributed by atoms with Crippen molar-refractivity contribution in [3.8, 4) is 11.1 Å². The molecule has 2 rings (SSSR count). The molecule has 0 aliphatic carbocycles. The van der Waals surface area contributed by atoms with Crippen LogP contribution in [0, 0.1) is 5.82 Å². The first-order valence-electron chi connectivity index (χ1n) is 4.96. The predicted molar refractivity (Wildman–Crippen MR) is 59.0 cm³/mol. The van der Waals surface area contributed by atoms with Crippen molar-refractivity contribution < 1.29 is 17.6 Å². The fourth-order valence-corrected chi connectivity index (χ4v) is 1.49. The second-order valence-corrected chi connectivity index (χ2v) is 3.66. The molecule has 1 heterocycles. The van der Waals surface area contributed by atoms with E-state index in [0.717, 1.165) is 18.2 Å². The number of aromatic nitrogens is 1. The largest absolute Gasteiger partial charge is 0.417 e. The highest BCUT2D eigenvalue weighted by atomic mass is 19.4. The van der Waals surface area contributed by atoms with Crippen LogP contribution >= 0.6 is 0 Å². The molecule has 0 aliphatic heterocycles. The van der Waals surface area contributed by atoms with Gasteiger partial charge in [0.05, 0.1) is 5.56 Å². The molecule has 2 aromatic rings. The number of hydrogen-bond donors (Lipinski definition) is 1. The third-order valence-electron chi connectivity index (χ3n) is 2.40. The van der Waals surface area contributed by atoms with Crippen LogP contribution in [0.25, 0.3) is 11.1 Å². The lowest BCUT2D eigenvalue weighted by atomic mass is 10.0. The van der Waals surface area contributed by atoms with Crippen molar-refractivity contribution >= 4 is 5.82 Å². The minimum absolute atomic E-state index is 0.0328. The zero-order chi connectivity index (χ0) is 13.3. The van der Waals surface area contributed by atoms with Gasteiger partial charge in [0.25, 0.3) is 0 Å². The van der Waals surface area contributed by atoms with Crippen molar-refractivity contribution in [2.24, 2.45) is 0 Å². The fraction of sp³-hybridized carbons (Fsp3) is 0.0833. The number of halogens is 4. The average Bonchev–Trinajstić information content (AvgIpc) is 2.29. The first-order valence-corrected chi connectivity index (χ1v) is 4.96. The minimum Gasteiger partial charge on any atom is -0.383 e. The molecule has 0 spiro atoms. The average molecular weight is 256 g/mol. The summed E-state index contributed by atoms with van der Waals surface area (Å²) in [6.07, 6.45) is -3.82. The summed E-state index contributed by atoms with van der Waals surface area (Å²) in [6, 6.07) is 5.89. The van der Waals surface area contributed by atoms with E-state index in [-0.39, 0.29) is 11.4 Å². The van der Waals surface area contributed by atoms with Crippen LogP contribution in [0.5, 0.6) is 0 Å². The third-order valence-corrected chi connectivity index (χ3v) is 2.40. The summed E-state index contributed by atoms with van der Waals surface area (Å²) in [4.78, 5) is 3.51. The van der Waals surface area contributed by atoms with Crippen LogP contribution < -0.4 is 5.73 Å². The Morgan fingerprint density at radius 3 is 2.22 bits per heavy atom. The van der Waals surface area contributed by atoms with Gasteiger partial charge in [-0.3, -0.25) is 0 Å². The van der Waals surface area contributed by atoms with Gasteiger partial charge in [0, 0.05) is 11.8 Å². The molecular formula is C12H8F4N2. The molecule has 0 unspecified atom stereocenters. The first kappa shape index (κ1) is 12.3. The molecule has 1 aromatic carbocycles. The number of hydrogen-bond acceptors (Lipinski definition) is 2. The summed E-state index contributed by atoms with van der Waals surface area (Å²) in [5.41, 5.74) is 5.15. The van der Waals surface area contributed by atoms with Gasteiger partial charge in [0.2, 0.25) is 0 Å². The highest BCUT2D eigenvalue weighted by Crippen LogP contribution is 2.33. The second-order valence-electron chi connectivity index (χ2n) is 3.66. The molecule has 0 saturated heterocycles. The Balaban J connectivity index is 2.53. The van der Waals surface area contributed by atoms with E-state index in [4.69, 9.17) is 5.73 Å². The van der Waals surface area contributed by atoms with Gasteiger partial charge in [-0.15, -0.1) is 0 Å². The van der Waals surface area contributed by atoms with E-state index >= 15 is 0 Å². The monoisotopic (exact) mass is 256 g/mol. The summed E-state index contributed by atoms with van der Waals surface area (Å²) >= 11 is 0. The molecule has 1 aromatic heterocycles. The van der Waals surface area contributed by atoms with Crippen molar-refractivity contribution in [1.29, 1.82) is 0 Å². The normalized spacial score (nSPS) is 11.6. The molecule has 0 aliphatic rings. The number of rotatable bonds is 1. The van der Waals surface area contributed by atoms with E-state index in [9.17, 15) is 17.6 Å². The number of alkyl halides is 3. The second kappa shape index (κ2) is 4.29. The maximum absolute atomic E-state index is 12.7. The van der Waals surface area contributed by atoms with Crippen molar-refractivity contribution in [2.45, 2.75) is 6.18 Å². The molecular weight excluding hydrogens is 248 g/mol. The van der Waals surface area contributed by atoms with Crippen molar-refractivity contribution in [3.05, 3.63) is 47.9 Å². The van der Waals surface area contributed by atoms with Crippen LogP contribution in [0.3, 0.4) is 0 Å². The Morgan fingerprint density at radius 1 is 1.06 bits per heavy atom. The number of nitrogens with two attached hydrogens (primary N) is 1. The number of benzene rings is 1. The van der Waals surface area contributed by atoms with Crippen LogP contribution in [0.2, 0.25) is 0 Å². The summed E-state index contributed by atoms with van der Waals surface area (Å²) in [5, 5.41) is 0. The summed E-state index contributed by atoms with van der Waals surface area (Å²) < 4.78 is 50.4. The van der Waals surface area contributed by atoms with E-state index in [2.05, 4.69) is 4.98 Å². The first-order chi connectivity index (χ1) is 8.38. The number of pyridine rings is 1. The van der Waals surface area contributed by atoms with E-state index < -0.39 is 17.6 Å². The van der Waals surface area contributed by atoms with Gasteiger partial charge >= 0.3 is 6.18 Å². The van der Waals surface area contributed by atoms with Crippen LogP contribution in [0.1, 0.15) is 5.56 Å².